The maximum Gasteiger partial charge on any atom is 0.0883 e. The van der Waals surface area contributed by atoms with E-state index in [0.717, 1.165) is 16.0 Å². The van der Waals surface area contributed by atoms with Gasteiger partial charge in [-0.05, 0) is 10.8 Å². The van der Waals surface area contributed by atoms with E-state index in [9.17, 15) is 4.89 Å². The van der Waals surface area contributed by atoms with Crippen molar-refractivity contribution in [2.45, 2.75) is 0 Å². The van der Waals surface area contributed by atoms with E-state index in [1.165, 1.54) is 5.39 Å². The summed E-state index contributed by atoms with van der Waals surface area (Å²) in [5.74, 6) is 0. The normalized spacial score (nSPS) is 12.5. The van der Waals surface area contributed by atoms with Gasteiger partial charge in [0.25, 0.3) is 0 Å². The molecule has 0 saturated carbocycles. The first-order valence-electron chi connectivity index (χ1n) is 5.88. The fourth-order valence-corrected chi connectivity index (χ4v) is 3.49. The van der Waals surface area contributed by atoms with Crippen LogP contribution < -0.4 is 10.6 Å². The molecule has 0 fully saturated rings. The molecule has 88 valence electrons. The van der Waals surface area contributed by atoms with Crippen LogP contribution in [0.15, 0.2) is 72.8 Å². The van der Waals surface area contributed by atoms with Gasteiger partial charge >= 0.3 is 0 Å². The molecule has 1 nitrogen and oxygen atoms in total. The van der Waals surface area contributed by atoms with Gasteiger partial charge in [0.2, 0.25) is 0 Å². The number of benzene rings is 3. The molecule has 0 aliphatic rings. The second-order valence-corrected chi connectivity index (χ2v) is 5.77. The number of rotatable bonds is 2. The molecule has 0 bridgehead atoms. The Morgan fingerprint density at radius 2 is 1.33 bits per heavy atom. The van der Waals surface area contributed by atoms with E-state index in [-0.39, 0.29) is 0 Å². The van der Waals surface area contributed by atoms with Crippen molar-refractivity contribution >= 4 is 29.5 Å². The smallest absolute Gasteiger partial charge is 0.0883 e. The van der Waals surface area contributed by atoms with Crippen LogP contribution in [0.2, 0.25) is 0 Å². The Bertz CT molecular complexity index is 659. The van der Waals surface area contributed by atoms with Crippen LogP contribution in [-0.4, -0.2) is 4.89 Å². The van der Waals surface area contributed by atoms with Gasteiger partial charge in [0.1, 0.15) is 0 Å². The van der Waals surface area contributed by atoms with Gasteiger partial charge in [-0.15, -0.1) is 0 Å². The maximum atomic E-state index is 10.6. The molecule has 3 aromatic rings. The molecule has 0 radical (unpaired) electrons. The predicted octanol–water partition coefficient (Wildman–Crippen LogP) is 3.18. The standard InChI is InChI=1S/C16H13OP/c17-18(14-9-2-1-3-10-14)16-12-6-8-13-7-4-5-11-15(13)16/h1-12,17H. The summed E-state index contributed by atoms with van der Waals surface area (Å²) < 4.78 is 0. The van der Waals surface area contributed by atoms with Crippen molar-refractivity contribution in [3.63, 3.8) is 0 Å². The monoisotopic (exact) mass is 252 g/mol. The summed E-state index contributed by atoms with van der Waals surface area (Å²) >= 11 is 0. The van der Waals surface area contributed by atoms with Crippen molar-refractivity contribution < 1.29 is 4.89 Å². The maximum absolute atomic E-state index is 10.6. The molecular formula is C16H13OP. The summed E-state index contributed by atoms with van der Waals surface area (Å²) in [5.41, 5.74) is 0. The van der Waals surface area contributed by atoms with Gasteiger partial charge in [-0.1, -0.05) is 72.8 Å². The molecule has 3 rings (SSSR count). The lowest BCUT2D eigenvalue weighted by Crippen LogP contribution is -2.11. The Hall–Kier alpha value is -1.69. The first-order chi connectivity index (χ1) is 8.86. The third kappa shape index (κ3) is 2.03. The minimum atomic E-state index is -1.27. The van der Waals surface area contributed by atoms with Crippen LogP contribution in [0.25, 0.3) is 10.8 Å². The molecular weight excluding hydrogens is 239 g/mol. The second-order valence-electron chi connectivity index (χ2n) is 4.15. The van der Waals surface area contributed by atoms with E-state index in [2.05, 4.69) is 18.2 Å². The van der Waals surface area contributed by atoms with Crippen LogP contribution in [0.3, 0.4) is 0 Å². The molecule has 0 aromatic heterocycles. The molecule has 0 amide bonds. The highest BCUT2D eigenvalue weighted by Crippen LogP contribution is 2.31. The van der Waals surface area contributed by atoms with Gasteiger partial charge < -0.3 is 4.89 Å². The van der Waals surface area contributed by atoms with Crippen LogP contribution in [0.5, 0.6) is 0 Å². The summed E-state index contributed by atoms with van der Waals surface area (Å²) in [4.78, 5) is 10.6. The summed E-state index contributed by atoms with van der Waals surface area (Å²) in [6.45, 7) is 0. The third-order valence-corrected chi connectivity index (χ3v) is 4.63. The van der Waals surface area contributed by atoms with Crippen molar-refractivity contribution in [1.29, 1.82) is 0 Å². The Morgan fingerprint density at radius 1 is 0.667 bits per heavy atom. The molecule has 0 aliphatic heterocycles. The quantitative estimate of drug-likeness (QED) is 0.694. The van der Waals surface area contributed by atoms with Gasteiger partial charge in [-0.2, -0.15) is 0 Å². The zero-order valence-corrected chi connectivity index (χ0v) is 10.7. The van der Waals surface area contributed by atoms with Crippen molar-refractivity contribution in [1.82, 2.24) is 0 Å². The Balaban J connectivity index is 2.15. The zero-order valence-electron chi connectivity index (χ0n) is 9.82. The SMILES string of the molecule is OP(c1ccccc1)c1cccc2ccccc12. The van der Waals surface area contributed by atoms with Crippen LogP contribution in [0, 0.1) is 0 Å². The summed E-state index contributed by atoms with van der Waals surface area (Å²) in [6, 6.07) is 24.1. The zero-order chi connectivity index (χ0) is 12.4. The molecule has 18 heavy (non-hydrogen) atoms. The molecule has 0 aliphatic carbocycles. The van der Waals surface area contributed by atoms with Crippen molar-refractivity contribution in [2.24, 2.45) is 0 Å². The minimum absolute atomic E-state index is 0.990. The minimum Gasteiger partial charge on any atom is -0.364 e. The van der Waals surface area contributed by atoms with Gasteiger partial charge in [0, 0.05) is 10.6 Å². The molecule has 1 unspecified atom stereocenters. The van der Waals surface area contributed by atoms with Crippen LogP contribution in [0.4, 0.5) is 0 Å². The fourth-order valence-electron chi connectivity index (χ4n) is 2.10. The highest BCUT2D eigenvalue weighted by molar-refractivity contribution is 7.68. The van der Waals surface area contributed by atoms with Crippen molar-refractivity contribution in [3.05, 3.63) is 72.8 Å². The molecule has 2 heteroatoms. The third-order valence-electron chi connectivity index (χ3n) is 3.00. The van der Waals surface area contributed by atoms with Crippen LogP contribution >= 0.6 is 8.15 Å². The molecule has 1 N–H and O–H groups in total. The first kappa shape index (κ1) is 11.4. The lowest BCUT2D eigenvalue weighted by atomic mass is 10.1. The van der Waals surface area contributed by atoms with E-state index in [0.29, 0.717) is 0 Å². The summed E-state index contributed by atoms with van der Waals surface area (Å²) in [5, 5.41) is 4.32. The number of fused-ring (bicyclic) bond motifs is 1. The van der Waals surface area contributed by atoms with Gasteiger partial charge in [0.05, 0.1) is 8.15 Å². The van der Waals surface area contributed by atoms with Gasteiger partial charge in [0.15, 0.2) is 0 Å². The van der Waals surface area contributed by atoms with E-state index in [1.54, 1.807) is 0 Å². The Kier molecular flexibility index (Phi) is 3.10. The van der Waals surface area contributed by atoms with E-state index >= 15 is 0 Å². The average Bonchev–Trinajstić information content (AvgIpc) is 2.47. The van der Waals surface area contributed by atoms with Crippen LogP contribution in [-0.2, 0) is 0 Å². The molecule has 3 aromatic carbocycles. The highest BCUT2D eigenvalue weighted by Gasteiger charge is 2.12. The summed E-state index contributed by atoms with van der Waals surface area (Å²) in [6.07, 6.45) is 0. The van der Waals surface area contributed by atoms with Gasteiger partial charge in [-0.25, -0.2) is 0 Å². The van der Waals surface area contributed by atoms with Gasteiger partial charge in [-0.3, -0.25) is 0 Å². The second kappa shape index (κ2) is 4.89. The Labute approximate surface area is 108 Å². The van der Waals surface area contributed by atoms with E-state index in [1.807, 2.05) is 54.6 Å². The summed E-state index contributed by atoms with van der Waals surface area (Å²) in [7, 11) is -1.27. The van der Waals surface area contributed by atoms with Crippen molar-refractivity contribution in [2.75, 3.05) is 0 Å². The lowest BCUT2D eigenvalue weighted by molar-refractivity contribution is 0.645. The van der Waals surface area contributed by atoms with E-state index < -0.39 is 8.15 Å². The topological polar surface area (TPSA) is 20.2 Å². The predicted molar refractivity (Wildman–Crippen MR) is 78.8 cm³/mol. The van der Waals surface area contributed by atoms with Crippen LogP contribution in [0.1, 0.15) is 0 Å². The Morgan fingerprint density at radius 3 is 2.17 bits per heavy atom. The molecule has 0 heterocycles. The first-order valence-corrected chi connectivity index (χ1v) is 7.17. The largest absolute Gasteiger partial charge is 0.364 e. The fraction of sp³-hybridized carbons (Fsp3) is 0. The van der Waals surface area contributed by atoms with Crippen molar-refractivity contribution in [3.8, 4) is 0 Å². The number of hydrogen-bond donors (Lipinski definition) is 1. The lowest BCUT2D eigenvalue weighted by Gasteiger charge is -2.13. The average molecular weight is 252 g/mol. The highest BCUT2D eigenvalue weighted by atomic mass is 31.1. The number of hydrogen-bond acceptors (Lipinski definition) is 1. The van der Waals surface area contributed by atoms with E-state index in [4.69, 9.17) is 0 Å². The molecule has 0 spiro atoms. The molecule has 1 atom stereocenters. The molecule has 0 saturated heterocycles.